The Labute approximate surface area is 163 Å². The number of hydrogen-bond acceptors (Lipinski definition) is 6. The van der Waals surface area contributed by atoms with Gasteiger partial charge in [0.2, 0.25) is 16.0 Å². The fourth-order valence-electron chi connectivity index (χ4n) is 3.39. The Morgan fingerprint density at radius 3 is 2.46 bits per heavy atom. The zero-order chi connectivity index (χ0) is 19.7. The van der Waals surface area contributed by atoms with E-state index in [1.165, 1.54) is 0 Å². The van der Waals surface area contributed by atoms with Crippen LogP contribution < -0.4 is 14.8 Å². The second kappa shape index (κ2) is 7.16. The molecule has 0 spiro atoms. The molecule has 8 nitrogen and oxygen atoms in total. The van der Waals surface area contributed by atoms with Crippen molar-refractivity contribution in [2.45, 2.75) is 18.5 Å². The van der Waals surface area contributed by atoms with E-state index in [1.807, 2.05) is 42.5 Å². The van der Waals surface area contributed by atoms with Crippen LogP contribution >= 0.6 is 0 Å². The summed E-state index contributed by atoms with van der Waals surface area (Å²) in [5, 5.41) is 7.76. The normalized spacial score (nSPS) is 18.8. The molecule has 28 heavy (non-hydrogen) atoms. The van der Waals surface area contributed by atoms with Crippen molar-refractivity contribution in [1.29, 1.82) is 0 Å². The Balaban J connectivity index is 1.74. The average Bonchev–Trinajstić information content (AvgIpc) is 3.08. The smallest absolute Gasteiger partial charge is 0.257 e. The lowest BCUT2D eigenvalue weighted by atomic mass is 9.93. The predicted octanol–water partition coefficient (Wildman–Crippen LogP) is 2.80. The van der Waals surface area contributed by atoms with Gasteiger partial charge in [-0.1, -0.05) is 42.5 Å². The standard InChI is InChI=1S/C19H21N5O3S/c1-27-15-10-8-14(9-11-15)17-12-16(13-6-4-3-5-7-13)20-19-21-18(22-24(17)19)23-28(2,25)26/h3-11,16-17H,12H2,1-2H3,(H2,20,21,22,23)/t16-,17+/m1/s1. The lowest BCUT2D eigenvalue weighted by Gasteiger charge is -2.31. The van der Waals surface area contributed by atoms with E-state index in [0.29, 0.717) is 5.95 Å². The van der Waals surface area contributed by atoms with Crippen molar-refractivity contribution < 1.29 is 13.2 Å². The van der Waals surface area contributed by atoms with Crippen LogP contribution in [0.3, 0.4) is 0 Å². The van der Waals surface area contributed by atoms with E-state index < -0.39 is 10.0 Å². The van der Waals surface area contributed by atoms with Crippen molar-refractivity contribution in [2.75, 3.05) is 23.4 Å². The van der Waals surface area contributed by atoms with Crippen LogP contribution in [-0.2, 0) is 10.0 Å². The largest absolute Gasteiger partial charge is 0.497 e. The number of hydrogen-bond donors (Lipinski definition) is 2. The molecule has 0 unspecified atom stereocenters. The molecule has 1 aromatic heterocycles. The second-order valence-electron chi connectivity index (χ2n) is 6.71. The molecule has 146 valence electrons. The number of nitrogens with zero attached hydrogens (tertiary/aromatic N) is 3. The SMILES string of the molecule is COc1ccc([C@@H]2C[C@H](c3ccccc3)Nc3nc(NS(C)(=O)=O)nn32)cc1. The van der Waals surface area contributed by atoms with E-state index in [4.69, 9.17) is 4.74 Å². The highest BCUT2D eigenvalue weighted by atomic mass is 32.2. The molecule has 0 saturated heterocycles. The Hall–Kier alpha value is -3.07. The number of rotatable bonds is 5. The number of aromatic nitrogens is 3. The molecule has 2 N–H and O–H groups in total. The fourth-order valence-corrected chi connectivity index (χ4v) is 3.81. The molecule has 1 aliphatic heterocycles. The van der Waals surface area contributed by atoms with Gasteiger partial charge in [-0.3, -0.25) is 4.72 Å². The molecule has 3 aromatic rings. The summed E-state index contributed by atoms with van der Waals surface area (Å²) < 4.78 is 32.5. The first kappa shape index (κ1) is 18.3. The number of fused-ring (bicyclic) bond motifs is 1. The second-order valence-corrected chi connectivity index (χ2v) is 8.46. The van der Waals surface area contributed by atoms with Gasteiger partial charge in [0.05, 0.1) is 25.4 Å². The van der Waals surface area contributed by atoms with E-state index in [0.717, 1.165) is 29.6 Å². The number of sulfonamides is 1. The Morgan fingerprint density at radius 2 is 1.82 bits per heavy atom. The van der Waals surface area contributed by atoms with Gasteiger partial charge in [-0.2, -0.15) is 4.98 Å². The monoisotopic (exact) mass is 399 g/mol. The first-order valence-electron chi connectivity index (χ1n) is 8.83. The van der Waals surface area contributed by atoms with E-state index in [2.05, 4.69) is 32.3 Å². The van der Waals surface area contributed by atoms with Gasteiger partial charge in [0.25, 0.3) is 5.95 Å². The summed E-state index contributed by atoms with van der Waals surface area (Å²) in [4.78, 5) is 4.35. The van der Waals surface area contributed by atoms with Crippen LogP contribution in [0, 0.1) is 0 Å². The molecule has 0 fully saturated rings. The van der Waals surface area contributed by atoms with Crippen molar-refractivity contribution in [2.24, 2.45) is 0 Å². The Kier molecular flexibility index (Phi) is 4.68. The molecule has 4 rings (SSSR count). The maximum atomic E-state index is 11.6. The topological polar surface area (TPSA) is 98.1 Å². The van der Waals surface area contributed by atoms with Crippen LogP contribution in [0.2, 0.25) is 0 Å². The number of anilines is 2. The molecule has 0 aliphatic carbocycles. The van der Waals surface area contributed by atoms with Crippen LogP contribution in [0.4, 0.5) is 11.9 Å². The van der Waals surface area contributed by atoms with Gasteiger partial charge in [0.1, 0.15) is 5.75 Å². The van der Waals surface area contributed by atoms with Crippen LogP contribution in [0.1, 0.15) is 29.6 Å². The van der Waals surface area contributed by atoms with Crippen LogP contribution in [-0.4, -0.2) is 36.5 Å². The quantitative estimate of drug-likeness (QED) is 0.685. The van der Waals surface area contributed by atoms with E-state index in [1.54, 1.807) is 11.8 Å². The van der Waals surface area contributed by atoms with Gasteiger partial charge < -0.3 is 10.1 Å². The van der Waals surface area contributed by atoms with Gasteiger partial charge >= 0.3 is 0 Å². The molecule has 2 aromatic carbocycles. The fraction of sp³-hybridized carbons (Fsp3) is 0.263. The third-order valence-corrected chi connectivity index (χ3v) is 5.22. The maximum absolute atomic E-state index is 11.6. The summed E-state index contributed by atoms with van der Waals surface area (Å²) in [6, 6.07) is 17.8. The highest BCUT2D eigenvalue weighted by molar-refractivity contribution is 7.91. The predicted molar refractivity (Wildman–Crippen MR) is 107 cm³/mol. The van der Waals surface area contributed by atoms with Crippen molar-refractivity contribution in [3.8, 4) is 5.75 Å². The van der Waals surface area contributed by atoms with Gasteiger partial charge in [-0.15, -0.1) is 5.10 Å². The minimum atomic E-state index is -3.47. The molecule has 9 heteroatoms. The molecule has 1 aliphatic rings. The molecule has 0 saturated carbocycles. The Morgan fingerprint density at radius 1 is 1.11 bits per heavy atom. The highest BCUT2D eigenvalue weighted by Crippen LogP contribution is 2.38. The van der Waals surface area contributed by atoms with E-state index in [-0.39, 0.29) is 18.0 Å². The van der Waals surface area contributed by atoms with Gasteiger partial charge in [-0.05, 0) is 29.7 Å². The minimum Gasteiger partial charge on any atom is -0.497 e. The molecule has 2 atom stereocenters. The van der Waals surface area contributed by atoms with Crippen molar-refractivity contribution in [3.05, 3.63) is 65.7 Å². The summed E-state index contributed by atoms with van der Waals surface area (Å²) in [7, 11) is -1.84. The average molecular weight is 399 g/mol. The zero-order valence-corrected chi connectivity index (χ0v) is 16.3. The van der Waals surface area contributed by atoms with Crippen LogP contribution in [0.25, 0.3) is 0 Å². The third-order valence-electron chi connectivity index (χ3n) is 4.67. The van der Waals surface area contributed by atoms with Crippen molar-refractivity contribution >= 4 is 21.9 Å². The van der Waals surface area contributed by atoms with E-state index >= 15 is 0 Å². The summed E-state index contributed by atoms with van der Waals surface area (Å²) in [6.07, 6.45) is 1.82. The van der Waals surface area contributed by atoms with Crippen molar-refractivity contribution in [1.82, 2.24) is 14.8 Å². The number of ether oxygens (including phenoxy) is 1. The minimum absolute atomic E-state index is 0.0242. The maximum Gasteiger partial charge on any atom is 0.257 e. The first-order valence-corrected chi connectivity index (χ1v) is 10.7. The lowest BCUT2D eigenvalue weighted by molar-refractivity contribution is 0.411. The zero-order valence-electron chi connectivity index (χ0n) is 15.5. The summed E-state index contributed by atoms with van der Waals surface area (Å²) >= 11 is 0. The summed E-state index contributed by atoms with van der Waals surface area (Å²) in [5.74, 6) is 1.35. The highest BCUT2D eigenvalue weighted by Gasteiger charge is 2.31. The molecular formula is C19H21N5O3S. The van der Waals surface area contributed by atoms with Crippen LogP contribution in [0.15, 0.2) is 54.6 Å². The molecule has 0 radical (unpaired) electrons. The Bertz CT molecular complexity index is 1060. The summed E-state index contributed by atoms with van der Waals surface area (Å²) in [6.45, 7) is 0. The van der Waals surface area contributed by atoms with Crippen LogP contribution in [0.5, 0.6) is 5.75 Å². The molecule has 0 bridgehead atoms. The molecule has 0 amide bonds. The van der Waals surface area contributed by atoms with Gasteiger partial charge in [0, 0.05) is 0 Å². The van der Waals surface area contributed by atoms with E-state index in [9.17, 15) is 8.42 Å². The molecule has 2 heterocycles. The van der Waals surface area contributed by atoms with Gasteiger partial charge in [-0.25, -0.2) is 13.1 Å². The third kappa shape index (κ3) is 3.79. The first-order chi connectivity index (χ1) is 13.4. The number of benzene rings is 2. The number of nitrogens with one attached hydrogen (secondary N) is 2. The summed E-state index contributed by atoms with van der Waals surface area (Å²) in [5.41, 5.74) is 2.17. The van der Waals surface area contributed by atoms with Crippen molar-refractivity contribution in [3.63, 3.8) is 0 Å². The molecular weight excluding hydrogens is 378 g/mol. The lowest BCUT2D eigenvalue weighted by Crippen LogP contribution is -2.28. The van der Waals surface area contributed by atoms with Gasteiger partial charge in [0.15, 0.2) is 0 Å². The number of methoxy groups -OCH3 is 1.